The van der Waals surface area contributed by atoms with Crippen molar-refractivity contribution in [1.82, 2.24) is 0 Å². The summed E-state index contributed by atoms with van der Waals surface area (Å²) in [5, 5.41) is 18.1. The molecule has 6 rings (SSSR count). The van der Waals surface area contributed by atoms with E-state index in [1.165, 1.54) is 0 Å². The minimum Gasteiger partial charge on any atom is -0.491 e. The third-order valence-corrected chi connectivity index (χ3v) is 6.47. The molecule has 222 valence electrons. The molecule has 4 aliphatic heterocycles. The molecule has 4 aliphatic rings. The summed E-state index contributed by atoms with van der Waals surface area (Å²) < 4.78 is 34.9. The average molecular weight is 593 g/mol. The number of rotatable bonds is 3. The Kier molecular flexibility index (Phi) is 10.3. The van der Waals surface area contributed by atoms with E-state index in [-0.39, 0.29) is 42.7 Å². The first-order valence-corrected chi connectivity index (χ1v) is 13.0. The molecule has 0 amide bonds. The van der Waals surface area contributed by atoms with Crippen molar-refractivity contribution >= 4 is 43.5 Å². The second-order valence-corrected chi connectivity index (χ2v) is 11.0. The fraction of sp³-hybridized carbons (Fsp3) is 0.500. The minimum atomic E-state index is -0.833. The second-order valence-electron chi connectivity index (χ2n) is 11.0. The number of nitrogens with two attached hydrogens (primary N) is 1. The summed E-state index contributed by atoms with van der Waals surface area (Å²) in [5.41, 5.74) is 8.55. The van der Waals surface area contributed by atoms with Gasteiger partial charge in [0.1, 0.15) is 30.8 Å². The molecule has 0 aromatic heterocycles. The molecule has 3 N–H and O–H groups in total. The van der Waals surface area contributed by atoms with Gasteiger partial charge in [-0.05, 0) is 51.0 Å². The first-order chi connectivity index (χ1) is 18.8. The lowest BCUT2D eigenvalue weighted by Gasteiger charge is -2.25. The number of hydrogen-bond donors (Lipinski definition) is 2. The smallest absolute Gasteiger partial charge is 0.491 e. The second kappa shape index (κ2) is 13.0. The molecular weight excluding hydrogens is 557 g/mol. The van der Waals surface area contributed by atoms with Crippen molar-refractivity contribution in [3.05, 3.63) is 57.6 Å². The van der Waals surface area contributed by atoms with Crippen LogP contribution in [0, 0.1) is 10.1 Å². The fourth-order valence-electron chi connectivity index (χ4n) is 4.80. The van der Waals surface area contributed by atoms with E-state index < -0.39 is 24.8 Å². The van der Waals surface area contributed by atoms with Crippen LogP contribution in [-0.4, -0.2) is 67.7 Å². The third-order valence-electron chi connectivity index (χ3n) is 6.47. The van der Waals surface area contributed by atoms with E-state index in [4.69, 9.17) is 43.7 Å². The maximum atomic E-state index is 10.7. The summed E-state index contributed by atoms with van der Waals surface area (Å²) in [6.45, 7) is 10.0. The molecule has 0 saturated heterocycles. The Hall–Kier alpha value is -2.87. The first-order valence-electron chi connectivity index (χ1n) is 13.0. The zero-order valence-electron chi connectivity index (χ0n) is 23.7. The molecule has 0 aliphatic carbocycles. The molecule has 2 aromatic rings. The van der Waals surface area contributed by atoms with Crippen LogP contribution < -0.4 is 26.1 Å². The maximum absolute atomic E-state index is 10.7. The van der Waals surface area contributed by atoms with Crippen molar-refractivity contribution in [2.75, 3.05) is 26.3 Å². The molecule has 2 unspecified atom stereocenters. The predicted molar refractivity (Wildman–Crippen MR) is 154 cm³/mol. The van der Waals surface area contributed by atoms with Gasteiger partial charge in [-0.2, -0.15) is 0 Å². The van der Waals surface area contributed by atoms with Crippen LogP contribution >= 0.6 is 12.4 Å². The van der Waals surface area contributed by atoms with Gasteiger partial charge >= 0.3 is 14.2 Å². The van der Waals surface area contributed by atoms with Crippen LogP contribution in [0.25, 0.3) is 0 Å². The number of carboxylic acid groups (broad SMARTS) is 1. The summed E-state index contributed by atoms with van der Waals surface area (Å²) in [6, 6.07) is 11.5. The zero-order valence-corrected chi connectivity index (χ0v) is 24.5. The van der Waals surface area contributed by atoms with Crippen LogP contribution in [0.3, 0.4) is 0 Å². The molecule has 0 fully saturated rings. The number of carboxylic acids is 1. The largest absolute Gasteiger partial charge is 0.499 e. The highest BCUT2D eigenvalue weighted by Crippen LogP contribution is 2.34. The Morgan fingerprint density at radius 1 is 0.951 bits per heavy atom. The van der Waals surface area contributed by atoms with Gasteiger partial charge in [0.15, 0.2) is 0 Å². The van der Waals surface area contributed by atoms with Crippen LogP contribution in [0.2, 0.25) is 0 Å². The van der Waals surface area contributed by atoms with Crippen LogP contribution in [0.15, 0.2) is 36.4 Å². The molecule has 4 heterocycles. The molecule has 0 bridgehead atoms. The number of aliphatic carboxylic acids is 1. The summed E-state index contributed by atoms with van der Waals surface area (Å²) in [6.07, 6.45) is -0.667. The van der Waals surface area contributed by atoms with E-state index in [0.717, 1.165) is 34.7 Å². The lowest BCUT2D eigenvalue weighted by atomic mass is 9.77. The molecule has 2 atom stereocenters. The molecule has 41 heavy (non-hydrogen) atoms. The van der Waals surface area contributed by atoms with E-state index >= 15 is 0 Å². The van der Waals surface area contributed by atoms with Gasteiger partial charge in [0, 0.05) is 29.3 Å². The van der Waals surface area contributed by atoms with Crippen molar-refractivity contribution in [3.8, 4) is 11.5 Å². The van der Waals surface area contributed by atoms with Gasteiger partial charge in [-0.15, -0.1) is 12.4 Å². The van der Waals surface area contributed by atoms with Crippen molar-refractivity contribution in [2.45, 2.75) is 58.0 Å². The van der Waals surface area contributed by atoms with Crippen molar-refractivity contribution in [3.63, 3.8) is 0 Å². The molecule has 0 saturated carbocycles. The lowest BCUT2D eigenvalue weighted by Crippen LogP contribution is -2.40. The Morgan fingerprint density at radius 3 is 1.78 bits per heavy atom. The van der Waals surface area contributed by atoms with Crippen LogP contribution in [-0.2, 0) is 23.4 Å². The standard InChI is InChI=1S/C12H14BNO5.C12H16BNO3.C2H4O2.ClH/c1-12(2)7-17-9-5-3-4-8-10(6-14(15)16)18-13(19-12)11(8)9;1-12(2)7-15-9-5-3-4-8-10(6-14)16-13(17-12)11(8)9;1-2(3)4;/h3-5,10H,6-7H2,1-2H3;3-5,10H,6-7,14H2,1-2H3;1H3,(H,3,4);1H. The number of nitro groups is 1. The number of hydrogen-bond acceptors (Lipinski definition) is 10. The third kappa shape index (κ3) is 7.70. The number of benzene rings is 2. The molecule has 0 spiro atoms. The molecule has 15 heteroatoms. The number of carbonyl (C=O) groups is 1. The van der Waals surface area contributed by atoms with Gasteiger partial charge in [0.25, 0.3) is 5.97 Å². The van der Waals surface area contributed by atoms with Crippen LogP contribution in [0.5, 0.6) is 11.5 Å². The monoisotopic (exact) mass is 592 g/mol. The Morgan fingerprint density at radius 2 is 1.37 bits per heavy atom. The van der Waals surface area contributed by atoms with Crippen molar-refractivity contribution < 1.29 is 42.9 Å². The summed E-state index contributed by atoms with van der Waals surface area (Å²) in [4.78, 5) is 19.3. The normalized spacial score (nSPS) is 21.9. The molecule has 12 nitrogen and oxygen atoms in total. The van der Waals surface area contributed by atoms with Crippen LogP contribution in [0.1, 0.15) is 58.0 Å². The number of ether oxygens (including phenoxy) is 2. The zero-order chi connectivity index (χ0) is 29.2. The molecule has 0 radical (unpaired) electrons. The van der Waals surface area contributed by atoms with Gasteiger partial charge in [0.2, 0.25) is 6.54 Å². The number of halogens is 1. The quantitative estimate of drug-likeness (QED) is 0.305. The Bertz CT molecular complexity index is 1260. The van der Waals surface area contributed by atoms with E-state index in [1.807, 2.05) is 64.1 Å². The van der Waals surface area contributed by atoms with Crippen LogP contribution in [0.4, 0.5) is 0 Å². The van der Waals surface area contributed by atoms with Gasteiger partial charge in [-0.1, -0.05) is 24.3 Å². The molecular formula is C26H35B2ClN2O10. The van der Waals surface area contributed by atoms with E-state index in [0.29, 0.717) is 25.5 Å². The van der Waals surface area contributed by atoms with Gasteiger partial charge in [0.05, 0.1) is 17.3 Å². The maximum Gasteiger partial charge on any atom is 0.499 e. The van der Waals surface area contributed by atoms with E-state index in [2.05, 4.69) is 0 Å². The highest BCUT2D eigenvalue weighted by molar-refractivity contribution is 6.64. The lowest BCUT2D eigenvalue weighted by molar-refractivity contribution is -0.490. The SMILES string of the molecule is CC(=O)O.CC1(C)COc2cccc3c2B(OC3CN)O1.CC1(C)COc2cccc3c2B(OC3C[N+](=O)[O-])O1.Cl. The molecule has 2 aromatic carbocycles. The Balaban J connectivity index is 0.000000196. The van der Waals surface area contributed by atoms with E-state index in [1.54, 1.807) is 0 Å². The van der Waals surface area contributed by atoms with Crippen molar-refractivity contribution in [2.24, 2.45) is 5.73 Å². The average Bonchev–Trinajstić information content (AvgIpc) is 3.29. The van der Waals surface area contributed by atoms with E-state index in [9.17, 15) is 10.1 Å². The van der Waals surface area contributed by atoms with Gasteiger partial charge in [-0.25, -0.2) is 0 Å². The topological polar surface area (TPSA) is 162 Å². The predicted octanol–water partition coefficient (Wildman–Crippen LogP) is 2.03. The van der Waals surface area contributed by atoms with Gasteiger partial charge in [-0.3, -0.25) is 14.9 Å². The summed E-state index contributed by atoms with van der Waals surface area (Å²) in [5.74, 6) is 0.716. The highest BCUT2D eigenvalue weighted by Gasteiger charge is 2.47. The fourth-order valence-corrected chi connectivity index (χ4v) is 4.80. The highest BCUT2D eigenvalue weighted by atomic mass is 35.5. The Labute approximate surface area is 245 Å². The summed E-state index contributed by atoms with van der Waals surface area (Å²) >= 11 is 0. The van der Waals surface area contributed by atoms with Gasteiger partial charge < -0.3 is 38.9 Å². The first kappa shape index (κ1) is 32.6. The van der Waals surface area contributed by atoms with Crippen molar-refractivity contribution in [1.29, 1.82) is 0 Å². The number of nitrogens with zero attached hydrogens (tertiary/aromatic N) is 1. The minimum absolute atomic E-state index is 0. The summed E-state index contributed by atoms with van der Waals surface area (Å²) in [7, 11) is -0.944.